The van der Waals surface area contributed by atoms with Crippen LogP contribution >= 0.6 is 0 Å². The molecule has 16 heteroatoms. The predicted molar refractivity (Wildman–Crippen MR) is 144 cm³/mol. The molecule has 0 aliphatic heterocycles. The van der Waals surface area contributed by atoms with E-state index in [0.717, 1.165) is 0 Å². The average Bonchev–Trinajstić information content (AvgIpc) is 2.87. The van der Waals surface area contributed by atoms with Gasteiger partial charge >= 0.3 is 5.97 Å². The summed E-state index contributed by atoms with van der Waals surface area (Å²) in [5.41, 5.74) is 27.2. The molecule has 1 aromatic carbocycles. The van der Waals surface area contributed by atoms with Crippen molar-refractivity contribution in [3.05, 3.63) is 29.8 Å². The molecule has 3 amide bonds. The number of carboxylic acid groups (broad SMARTS) is 1. The number of phenolic OH excluding ortho intramolecular Hbond substituents is 1. The molecule has 3 atom stereocenters. The molecule has 0 heterocycles. The van der Waals surface area contributed by atoms with E-state index < -0.39 is 41.8 Å². The molecule has 0 spiro atoms. The first-order valence-corrected chi connectivity index (χ1v) is 12.1. The molecule has 3 unspecified atom stereocenters. The number of aliphatic imine (C=N–C) groups is 2. The summed E-state index contributed by atoms with van der Waals surface area (Å²) in [5.74, 6) is -3.60. The van der Waals surface area contributed by atoms with Crippen LogP contribution in [0.3, 0.4) is 0 Å². The van der Waals surface area contributed by atoms with Gasteiger partial charge in [0.25, 0.3) is 0 Å². The zero-order valence-corrected chi connectivity index (χ0v) is 21.5. The zero-order chi connectivity index (χ0) is 29.4. The maximum atomic E-state index is 13.2. The molecule has 0 aliphatic rings. The Morgan fingerprint density at radius 2 is 1.26 bits per heavy atom. The molecule has 0 aromatic heterocycles. The lowest BCUT2D eigenvalue weighted by atomic mass is 10.0. The van der Waals surface area contributed by atoms with E-state index in [1.165, 1.54) is 12.1 Å². The van der Waals surface area contributed by atoms with Gasteiger partial charge in [-0.15, -0.1) is 0 Å². The maximum Gasteiger partial charge on any atom is 0.326 e. The summed E-state index contributed by atoms with van der Waals surface area (Å²) in [5, 5.41) is 26.6. The fraction of sp³-hybridized carbons (Fsp3) is 0.478. The molecule has 0 aliphatic carbocycles. The number of carbonyl (C=O) groups is 4. The summed E-state index contributed by atoms with van der Waals surface area (Å²) >= 11 is 0. The van der Waals surface area contributed by atoms with Gasteiger partial charge in [0.05, 0.1) is 6.54 Å². The highest BCUT2D eigenvalue weighted by molar-refractivity contribution is 5.93. The van der Waals surface area contributed by atoms with Crippen molar-refractivity contribution in [2.75, 3.05) is 19.6 Å². The number of aromatic hydroxyl groups is 1. The van der Waals surface area contributed by atoms with E-state index in [4.69, 9.17) is 28.7 Å². The number of hydrogen-bond acceptors (Lipinski definition) is 8. The lowest BCUT2D eigenvalue weighted by Crippen LogP contribution is -2.56. The molecular formula is C23H38N10O6. The van der Waals surface area contributed by atoms with Crippen LogP contribution in [0.1, 0.15) is 31.2 Å². The number of benzene rings is 1. The topological polar surface area (TPSA) is 300 Å². The number of nitrogens with zero attached hydrogens (tertiary/aromatic N) is 2. The van der Waals surface area contributed by atoms with Crippen LogP contribution in [0.2, 0.25) is 0 Å². The van der Waals surface area contributed by atoms with Gasteiger partial charge < -0.3 is 54.8 Å². The molecule has 39 heavy (non-hydrogen) atoms. The van der Waals surface area contributed by atoms with Crippen molar-refractivity contribution in [3.63, 3.8) is 0 Å². The second-order valence-electron chi connectivity index (χ2n) is 8.55. The molecule has 0 radical (unpaired) electrons. The fourth-order valence-electron chi connectivity index (χ4n) is 3.41. The van der Waals surface area contributed by atoms with Crippen LogP contribution < -0.4 is 44.6 Å². The highest BCUT2D eigenvalue weighted by atomic mass is 16.4. The van der Waals surface area contributed by atoms with Gasteiger partial charge in [-0.2, -0.15) is 0 Å². The quantitative estimate of drug-likeness (QED) is 0.0516. The molecule has 0 bridgehead atoms. The molecule has 1 aromatic rings. The molecule has 0 fully saturated rings. The van der Waals surface area contributed by atoms with Crippen LogP contribution in [-0.4, -0.2) is 83.6 Å². The van der Waals surface area contributed by atoms with E-state index in [0.29, 0.717) is 5.56 Å². The number of carboxylic acids is 1. The van der Waals surface area contributed by atoms with Crippen molar-refractivity contribution < 1.29 is 29.4 Å². The SMILES string of the molecule is NCC(=O)NC(Cc1ccc(O)cc1)C(=O)NC(CCCN=C(N)N)C(=O)NC(CCCN=C(N)N)C(=O)O. The van der Waals surface area contributed by atoms with Crippen molar-refractivity contribution in [1.29, 1.82) is 0 Å². The Morgan fingerprint density at radius 3 is 1.74 bits per heavy atom. The Bertz CT molecular complexity index is 1020. The summed E-state index contributed by atoms with van der Waals surface area (Å²) in [4.78, 5) is 57.6. The fourth-order valence-corrected chi connectivity index (χ4v) is 3.41. The van der Waals surface area contributed by atoms with Gasteiger partial charge in [-0.05, 0) is 43.4 Å². The maximum absolute atomic E-state index is 13.2. The number of hydrogen-bond donors (Lipinski definition) is 10. The van der Waals surface area contributed by atoms with Crippen LogP contribution in [0, 0.1) is 0 Å². The zero-order valence-electron chi connectivity index (χ0n) is 21.5. The van der Waals surface area contributed by atoms with Gasteiger partial charge in [0.15, 0.2) is 11.9 Å². The Labute approximate surface area is 225 Å². The predicted octanol–water partition coefficient (Wildman–Crippen LogP) is -3.46. The smallest absolute Gasteiger partial charge is 0.326 e. The molecular weight excluding hydrogens is 512 g/mol. The van der Waals surface area contributed by atoms with Crippen molar-refractivity contribution >= 4 is 35.6 Å². The summed E-state index contributed by atoms with van der Waals surface area (Å²) in [6.07, 6.45) is 0.670. The number of nitrogens with two attached hydrogens (primary N) is 5. The van der Waals surface area contributed by atoms with E-state index in [9.17, 15) is 29.4 Å². The minimum Gasteiger partial charge on any atom is -0.508 e. The summed E-state index contributed by atoms with van der Waals surface area (Å²) in [6, 6.07) is 2.43. The van der Waals surface area contributed by atoms with Gasteiger partial charge in [-0.1, -0.05) is 12.1 Å². The molecule has 16 nitrogen and oxygen atoms in total. The summed E-state index contributed by atoms with van der Waals surface area (Å²) in [6.45, 7) is -0.0495. The van der Waals surface area contributed by atoms with Gasteiger partial charge in [-0.25, -0.2) is 4.79 Å². The van der Waals surface area contributed by atoms with Crippen LogP contribution in [0.5, 0.6) is 5.75 Å². The van der Waals surface area contributed by atoms with E-state index in [-0.39, 0.29) is 69.4 Å². The normalized spacial score (nSPS) is 12.7. The largest absolute Gasteiger partial charge is 0.508 e. The summed E-state index contributed by atoms with van der Waals surface area (Å²) < 4.78 is 0. The highest BCUT2D eigenvalue weighted by Crippen LogP contribution is 2.12. The number of phenols is 1. The van der Waals surface area contributed by atoms with Crippen molar-refractivity contribution in [2.45, 2.75) is 50.2 Å². The van der Waals surface area contributed by atoms with Gasteiger partial charge in [0.2, 0.25) is 17.7 Å². The van der Waals surface area contributed by atoms with Crippen LogP contribution in [0.4, 0.5) is 0 Å². The molecule has 15 N–H and O–H groups in total. The first-order valence-electron chi connectivity index (χ1n) is 12.1. The summed E-state index contributed by atoms with van der Waals surface area (Å²) in [7, 11) is 0. The number of aliphatic carboxylic acids is 1. The Hall–Kier alpha value is -4.60. The molecule has 216 valence electrons. The standard InChI is InChI=1S/C23H38N10O6/c24-12-18(35)31-17(11-13-5-7-14(34)8-6-13)20(37)32-15(3-1-9-29-22(25)26)19(36)33-16(21(38)39)4-2-10-30-23(27)28/h5-8,15-17,34H,1-4,9-12,24H2,(H,31,35)(H,32,37)(H,33,36)(H,38,39)(H4,25,26,29)(H4,27,28,30). The average molecular weight is 551 g/mol. The monoisotopic (exact) mass is 550 g/mol. The second kappa shape index (κ2) is 17.0. The Kier molecular flexibility index (Phi) is 14.1. The third kappa shape index (κ3) is 13.5. The van der Waals surface area contributed by atoms with Gasteiger partial charge in [-0.3, -0.25) is 24.4 Å². The lowest BCUT2D eigenvalue weighted by molar-refractivity contribution is -0.142. The number of rotatable bonds is 17. The minimum absolute atomic E-state index is 0.0227. The van der Waals surface area contributed by atoms with Crippen molar-refractivity contribution in [3.8, 4) is 5.75 Å². The van der Waals surface area contributed by atoms with Crippen LogP contribution in [0.25, 0.3) is 0 Å². The number of amides is 3. The van der Waals surface area contributed by atoms with Crippen molar-refractivity contribution in [2.24, 2.45) is 38.7 Å². The number of carbonyl (C=O) groups excluding carboxylic acids is 3. The molecule has 0 saturated heterocycles. The highest BCUT2D eigenvalue weighted by Gasteiger charge is 2.29. The third-order valence-corrected chi connectivity index (χ3v) is 5.35. The first kappa shape index (κ1) is 32.4. The third-order valence-electron chi connectivity index (χ3n) is 5.35. The molecule has 1 rings (SSSR count). The first-order chi connectivity index (χ1) is 18.4. The van der Waals surface area contributed by atoms with E-state index in [2.05, 4.69) is 25.9 Å². The molecule has 0 saturated carbocycles. The number of nitrogens with one attached hydrogen (secondary N) is 3. The number of guanidine groups is 2. The van der Waals surface area contributed by atoms with Gasteiger partial charge in [0.1, 0.15) is 23.9 Å². The Morgan fingerprint density at radius 1 is 0.769 bits per heavy atom. The van der Waals surface area contributed by atoms with E-state index in [1.807, 2.05) is 0 Å². The van der Waals surface area contributed by atoms with Gasteiger partial charge in [0, 0.05) is 19.5 Å². The second-order valence-corrected chi connectivity index (χ2v) is 8.55. The van der Waals surface area contributed by atoms with Crippen LogP contribution in [0.15, 0.2) is 34.3 Å². The van der Waals surface area contributed by atoms with E-state index in [1.54, 1.807) is 12.1 Å². The minimum atomic E-state index is -1.28. The van der Waals surface area contributed by atoms with Crippen molar-refractivity contribution in [1.82, 2.24) is 16.0 Å². The lowest BCUT2D eigenvalue weighted by Gasteiger charge is -2.24. The Balaban J connectivity index is 3.06. The van der Waals surface area contributed by atoms with E-state index >= 15 is 0 Å². The van der Waals surface area contributed by atoms with Crippen LogP contribution in [-0.2, 0) is 25.6 Å².